The van der Waals surface area contributed by atoms with E-state index in [4.69, 9.17) is 18.3 Å². The summed E-state index contributed by atoms with van der Waals surface area (Å²) in [7, 11) is 5.05. The maximum absolute atomic E-state index is 6.09. The SMILES string of the molecule is CCc1oc(CC)c2c(=[O+]C)cc(-c3ccc(OC)cc3)cc(OC)c12. The van der Waals surface area contributed by atoms with E-state index in [-0.39, 0.29) is 0 Å². The number of furan rings is 1. The molecule has 0 N–H and O–H groups in total. The summed E-state index contributed by atoms with van der Waals surface area (Å²) in [6.45, 7) is 4.17. The van der Waals surface area contributed by atoms with Crippen LogP contribution in [0.4, 0.5) is 0 Å². The quantitative estimate of drug-likeness (QED) is 0.621. The van der Waals surface area contributed by atoms with Gasteiger partial charge in [0.2, 0.25) is 0 Å². The largest absolute Gasteiger partial charge is 0.497 e. The van der Waals surface area contributed by atoms with Crippen LogP contribution in [0.1, 0.15) is 25.4 Å². The van der Waals surface area contributed by atoms with E-state index in [1.807, 2.05) is 36.4 Å². The number of ether oxygens (including phenoxy) is 2. The van der Waals surface area contributed by atoms with Crippen LogP contribution in [0.5, 0.6) is 11.5 Å². The van der Waals surface area contributed by atoms with Crippen LogP contribution in [0.2, 0.25) is 0 Å². The number of hydrogen-bond acceptors (Lipinski definition) is 3. The molecular weight excluding hydrogens is 328 g/mol. The maximum Gasteiger partial charge on any atom is 0.355 e. The molecule has 0 saturated heterocycles. The van der Waals surface area contributed by atoms with E-state index in [2.05, 4.69) is 13.8 Å². The van der Waals surface area contributed by atoms with Crippen molar-refractivity contribution in [2.75, 3.05) is 21.3 Å². The summed E-state index contributed by atoms with van der Waals surface area (Å²) < 4.78 is 22.9. The molecule has 1 aromatic heterocycles. The topological polar surface area (TPSA) is 42.9 Å². The second-order valence-corrected chi connectivity index (χ2v) is 6.01. The second-order valence-electron chi connectivity index (χ2n) is 6.01. The molecule has 0 spiro atoms. The monoisotopic (exact) mass is 353 g/mol. The molecule has 3 rings (SSSR count). The molecule has 0 fully saturated rings. The normalized spacial score (nSPS) is 11.8. The highest BCUT2D eigenvalue weighted by Gasteiger charge is 2.21. The van der Waals surface area contributed by atoms with Gasteiger partial charge in [-0.3, -0.25) is 4.42 Å². The summed E-state index contributed by atoms with van der Waals surface area (Å²) in [5.41, 5.74) is 2.86. The smallest absolute Gasteiger partial charge is 0.355 e. The number of benzene rings is 1. The van der Waals surface area contributed by atoms with Crippen LogP contribution in [0.25, 0.3) is 21.9 Å². The number of aryl methyl sites for hydroxylation is 2. The van der Waals surface area contributed by atoms with E-state index >= 15 is 0 Å². The Balaban J connectivity index is 2.40. The highest BCUT2D eigenvalue weighted by Crippen LogP contribution is 2.34. The summed E-state index contributed by atoms with van der Waals surface area (Å²) in [5.74, 6) is 3.45. The lowest BCUT2D eigenvalue weighted by atomic mass is 10.1. The third-order valence-corrected chi connectivity index (χ3v) is 4.63. The lowest BCUT2D eigenvalue weighted by molar-refractivity contribution is 0.415. The molecule has 0 aliphatic heterocycles. The van der Waals surface area contributed by atoms with E-state index in [0.717, 1.165) is 63.2 Å². The fourth-order valence-corrected chi connectivity index (χ4v) is 3.29. The van der Waals surface area contributed by atoms with Crippen LogP contribution in [0, 0.1) is 0 Å². The molecule has 0 aliphatic rings. The Morgan fingerprint density at radius 1 is 0.846 bits per heavy atom. The summed E-state index contributed by atoms with van der Waals surface area (Å²) in [4.78, 5) is 0. The molecule has 0 saturated carbocycles. The molecule has 0 unspecified atom stereocenters. The third kappa shape index (κ3) is 3.07. The summed E-state index contributed by atoms with van der Waals surface area (Å²) in [6.07, 6.45) is 1.58. The van der Waals surface area contributed by atoms with E-state index in [1.165, 1.54) is 0 Å². The Morgan fingerprint density at radius 3 is 2.04 bits per heavy atom. The number of methoxy groups -OCH3 is 2. The minimum Gasteiger partial charge on any atom is -0.497 e. The minimum atomic E-state index is 0.786. The van der Waals surface area contributed by atoms with Gasteiger partial charge in [-0.15, -0.1) is 0 Å². The van der Waals surface area contributed by atoms with E-state index in [0.29, 0.717) is 0 Å². The molecule has 0 aliphatic carbocycles. The molecule has 4 heteroatoms. The van der Waals surface area contributed by atoms with Gasteiger partial charge in [-0.2, -0.15) is 0 Å². The number of fused-ring (bicyclic) bond motifs is 1. The Bertz CT molecular complexity index is 982. The summed E-state index contributed by atoms with van der Waals surface area (Å²) in [5, 5.41) is 1.98. The van der Waals surface area contributed by atoms with Crippen molar-refractivity contribution in [1.29, 1.82) is 0 Å². The van der Waals surface area contributed by atoms with Gasteiger partial charge < -0.3 is 13.9 Å². The summed E-state index contributed by atoms with van der Waals surface area (Å²) >= 11 is 0. The molecular formula is C22H25O4+. The first-order chi connectivity index (χ1) is 12.7. The van der Waals surface area contributed by atoms with Crippen molar-refractivity contribution in [3.63, 3.8) is 0 Å². The van der Waals surface area contributed by atoms with Crippen LogP contribution < -0.4 is 14.9 Å². The number of hydrogen-bond donors (Lipinski definition) is 0. The van der Waals surface area contributed by atoms with Crippen molar-refractivity contribution in [2.45, 2.75) is 26.7 Å². The highest BCUT2D eigenvalue weighted by molar-refractivity contribution is 5.93. The predicted molar refractivity (Wildman–Crippen MR) is 106 cm³/mol. The second kappa shape index (κ2) is 7.65. The molecule has 26 heavy (non-hydrogen) atoms. The van der Waals surface area contributed by atoms with Gasteiger partial charge in [0, 0.05) is 12.8 Å². The average Bonchev–Trinajstić information content (AvgIpc) is 2.98. The van der Waals surface area contributed by atoms with E-state index in [9.17, 15) is 0 Å². The molecule has 2 aromatic carbocycles. The van der Waals surface area contributed by atoms with Crippen LogP contribution in [-0.4, -0.2) is 21.3 Å². The van der Waals surface area contributed by atoms with Crippen molar-refractivity contribution >= 4 is 10.8 Å². The van der Waals surface area contributed by atoms with Crippen molar-refractivity contribution < 1.29 is 13.9 Å². The molecule has 3 aromatic rings. The van der Waals surface area contributed by atoms with E-state index < -0.39 is 0 Å². The Morgan fingerprint density at radius 2 is 1.50 bits per heavy atom. The predicted octanol–water partition coefficient (Wildman–Crippen LogP) is 4.77. The van der Waals surface area contributed by atoms with Gasteiger partial charge in [0.05, 0.1) is 25.7 Å². The zero-order valence-corrected chi connectivity index (χ0v) is 16.0. The maximum atomic E-state index is 6.09. The highest BCUT2D eigenvalue weighted by atomic mass is 16.5. The Hall–Kier alpha value is -2.75. The van der Waals surface area contributed by atoms with Gasteiger partial charge in [0.15, 0.2) is 0 Å². The average molecular weight is 353 g/mol. The lowest BCUT2D eigenvalue weighted by Crippen LogP contribution is -2.00. The van der Waals surface area contributed by atoms with Gasteiger partial charge in [-0.1, -0.05) is 26.0 Å². The molecule has 1 heterocycles. The molecule has 0 bridgehead atoms. The van der Waals surface area contributed by atoms with Crippen LogP contribution in [-0.2, 0) is 12.8 Å². The zero-order chi connectivity index (χ0) is 18.7. The van der Waals surface area contributed by atoms with Gasteiger partial charge in [0.25, 0.3) is 7.11 Å². The van der Waals surface area contributed by atoms with E-state index in [1.54, 1.807) is 21.3 Å². The molecule has 4 nitrogen and oxygen atoms in total. The first-order valence-corrected chi connectivity index (χ1v) is 8.84. The first-order valence-electron chi connectivity index (χ1n) is 8.84. The van der Waals surface area contributed by atoms with Gasteiger partial charge in [0.1, 0.15) is 28.4 Å². The fraction of sp³-hybridized carbons (Fsp3) is 0.318. The first kappa shape index (κ1) is 18.1. The lowest BCUT2D eigenvalue weighted by Gasteiger charge is -2.03. The molecule has 0 radical (unpaired) electrons. The van der Waals surface area contributed by atoms with Crippen LogP contribution in [0.15, 0.2) is 45.2 Å². The molecule has 0 amide bonds. The molecule has 0 atom stereocenters. The number of rotatable bonds is 5. The summed E-state index contributed by atoms with van der Waals surface area (Å²) in [6, 6.07) is 12.0. The van der Waals surface area contributed by atoms with Crippen molar-refractivity contribution in [3.8, 4) is 22.6 Å². The fourth-order valence-electron chi connectivity index (χ4n) is 3.29. The third-order valence-electron chi connectivity index (χ3n) is 4.63. The van der Waals surface area contributed by atoms with Crippen LogP contribution in [0.3, 0.4) is 0 Å². The van der Waals surface area contributed by atoms with Gasteiger partial charge in [-0.25, -0.2) is 0 Å². The van der Waals surface area contributed by atoms with Crippen molar-refractivity contribution in [3.05, 3.63) is 57.8 Å². The van der Waals surface area contributed by atoms with Crippen LogP contribution >= 0.6 is 0 Å². The van der Waals surface area contributed by atoms with Crippen molar-refractivity contribution in [1.82, 2.24) is 0 Å². The molecule has 136 valence electrons. The van der Waals surface area contributed by atoms with Gasteiger partial charge in [-0.05, 0) is 29.3 Å². The zero-order valence-electron chi connectivity index (χ0n) is 16.0. The Labute approximate surface area is 153 Å². The minimum absolute atomic E-state index is 0.786. The Kier molecular flexibility index (Phi) is 5.31. The van der Waals surface area contributed by atoms with Gasteiger partial charge >= 0.3 is 5.43 Å². The standard InChI is InChI=1S/C22H25O4/c1-6-17-21-19(24-4)12-15(14-8-10-16(23-3)11-9-14)13-20(25-5)22(21)18(7-2)26-17/h8-13H,6-7H2,1-5H3/q+1. The van der Waals surface area contributed by atoms with Crippen molar-refractivity contribution in [2.24, 2.45) is 0 Å².